The average molecular weight is 299 g/mol. The molecule has 1 aromatic carbocycles. The van der Waals surface area contributed by atoms with E-state index in [4.69, 9.17) is 0 Å². The maximum absolute atomic E-state index is 12.7. The van der Waals surface area contributed by atoms with Crippen LogP contribution in [-0.2, 0) is 18.3 Å². The van der Waals surface area contributed by atoms with Crippen LogP contribution >= 0.6 is 0 Å². The lowest BCUT2D eigenvalue weighted by atomic mass is 9.94. The lowest BCUT2D eigenvalue weighted by Gasteiger charge is -2.32. The largest absolute Gasteiger partial charge is 0.338 e. The number of amides is 1. The molecule has 4 heteroatoms. The van der Waals surface area contributed by atoms with Crippen molar-refractivity contribution in [2.45, 2.75) is 33.2 Å². The van der Waals surface area contributed by atoms with E-state index in [-0.39, 0.29) is 11.9 Å². The van der Waals surface area contributed by atoms with E-state index in [2.05, 4.69) is 31.1 Å². The zero-order valence-corrected chi connectivity index (χ0v) is 14.1. The molecule has 0 fully saturated rings. The molecule has 0 aliphatic heterocycles. The van der Waals surface area contributed by atoms with E-state index in [0.717, 1.165) is 11.3 Å². The van der Waals surface area contributed by atoms with Gasteiger partial charge in [-0.1, -0.05) is 44.2 Å². The first-order valence-electron chi connectivity index (χ1n) is 7.70. The van der Waals surface area contributed by atoms with Crippen molar-refractivity contribution in [2.75, 3.05) is 7.05 Å². The Bertz CT molecular complexity index is 631. The summed E-state index contributed by atoms with van der Waals surface area (Å²) >= 11 is 0. The van der Waals surface area contributed by atoms with Gasteiger partial charge in [-0.15, -0.1) is 0 Å². The molecule has 0 N–H and O–H groups in total. The first-order chi connectivity index (χ1) is 10.4. The third-order valence-corrected chi connectivity index (χ3v) is 4.04. The second-order valence-corrected chi connectivity index (χ2v) is 6.19. The molecule has 1 atom stereocenters. The summed E-state index contributed by atoms with van der Waals surface area (Å²) < 4.78 is 1.76. The maximum Gasteiger partial charge on any atom is 0.227 e. The average Bonchev–Trinajstić information content (AvgIpc) is 2.77. The minimum Gasteiger partial charge on any atom is -0.338 e. The fraction of sp³-hybridized carbons (Fsp3) is 0.444. The van der Waals surface area contributed by atoms with Crippen molar-refractivity contribution in [3.63, 3.8) is 0 Å². The monoisotopic (exact) mass is 299 g/mol. The van der Waals surface area contributed by atoms with E-state index in [0.29, 0.717) is 12.3 Å². The molecule has 1 heterocycles. The van der Waals surface area contributed by atoms with E-state index in [1.54, 1.807) is 4.68 Å². The molecule has 0 saturated heterocycles. The molecule has 0 spiro atoms. The normalized spacial score (nSPS) is 12.5. The Balaban J connectivity index is 2.18. The van der Waals surface area contributed by atoms with E-state index in [1.807, 2.05) is 50.3 Å². The number of rotatable bonds is 5. The van der Waals surface area contributed by atoms with Gasteiger partial charge in [0.15, 0.2) is 0 Å². The molecule has 2 aromatic rings. The summed E-state index contributed by atoms with van der Waals surface area (Å²) in [5.74, 6) is 0.477. The minimum absolute atomic E-state index is 0.0886. The van der Waals surface area contributed by atoms with Gasteiger partial charge >= 0.3 is 0 Å². The fourth-order valence-corrected chi connectivity index (χ4v) is 2.97. The van der Waals surface area contributed by atoms with Crippen LogP contribution in [0, 0.1) is 12.8 Å². The minimum atomic E-state index is 0.0886. The highest BCUT2D eigenvalue weighted by Crippen LogP contribution is 2.28. The van der Waals surface area contributed by atoms with Crippen LogP contribution in [0.4, 0.5) is 0 Å². The van der Waals surface area contributed by atoms with Gasteiger partial charge in [-0.25, -0.2) is 0 Å². The maximum atomic E-state index is 12.7. The summed E-state index contributed by atoms with van der Waals surface area (Å²) in [6, 6.07) is 10.3. The summed E-state index contributed by atoms with van der Waals surface area (Å²) in [5.41, 5.74) is 3.09. The Morgan fingerprint density at radius 3 is 2.41 bits per heavy atom. The number of aryl methyl sites for hydroxylation is 2. The lowest BCUT2D eigenvalue weighted by Crippen LogP contribution is -2.35. The van der Waals surface area contributed by atoms with Crippen molar-refractivity contribution < 1.29 is 4.79 Å². The molecule has 0 bridgehead atoms. The summed E-state index contributed by atoms with van der Waals surface area (Å²) in [7, 11) is 3.78. The second-order valence-electron chi connectivity index (χ2n) is 6.19. The van der Waals surface area contributed by atoms with Crippen LogP contribution < -0.4 is 0 Å². The van der Waals surface area contributed by atoms with Crippen molar-refractivity contribution in [1.82, 2.24) is 14.7 Å². The molecule has 0 saturated carbocycles. The van der Waals surface area contributed by atoms with Crippen molar-refractivity contribution in [3.05, 3.63) is 53.3 Å². The van der Waals surface area contributed by atoms with Crippen LogP contribution in [0.15, 0.2) is 36.5 Å². The molecular weight excluding hydrogens is 274 g/mol. The molecule has 0 aliphatic carbocycles. The van der Waals surface area contributed by atoms with Crippen LogP contribution in [0.25, 0.3) is 0 Å². The van der Waals surface area contributed by atoms with Gasteiger partial charge < -0.3 is 4.90 Å². The van der Waals surface area contributed by atoms with Crippen LogP contribution in [0.5, 0.6) is 0 Å². The SMILES string of the molecule is Cc1nn(C)cc1CC(=O)N(C)C(c1ccccc1)C(C)C. The van der Waals surface area contributed by atoms with Gasteiger partial charge in [0.1, 0.15) is 0 Å². The molecule has 118 valence electrons. The molecule has 22 heavy (non-hydrogen) atoms. The predicted molar refractivity (Wildman–Crippen MR) is 88.4 cm³/mol. The quantitative estimate of drug-likeness (QED) is 0.850. The van der Waals surface area contributed by atoms with Crippen molar-refractivity contribution in [3.8, 4) is 0 Å². The Kier molecular flexibility index (Phi) is 5.01. The molecule has 0 radical (unpaired) electrons. The van der Waals surface area contributed by atoms with E-state index < -0.39 is 0 Å². The van der Waals surface area contributed by atoms with Crippen molar-refractivity contribution in [2.24, 2.45) is 13.0 Å². The number of hydrogen-bond donors (Lipinski definition) is 0. The van der Waals surface area contributed by atoms with Crippen LogP contribution in [0.2, 0.25) is 0 Å². The Labute approximate surface area is 132 Å². The van der Waals surface area contributed by atoms with Gasteiger partial charge in [-0.2, -0.15) is 5.10 Å². The first-order valence-corrected chi connectivity index (χ1v) is 7.70. The van der Waals surface area contributed by atoms with Crippen molar-refractivity contribution >= 4 is 5.91 Å². The molecular formula is C18H25N3O. The van der Waals surface area contributed by atoms with E-state index >= 15 is 0 Å². The summed E-state index contributed by atoms with van der Waals surface area (Å²) in [6.07, 6.45) is 2.32. The molecule has 4 nitrogen and oxygen atoms in total. The standard InChI is InChI=1S/C18H25N3O/c1-13(2)18(15-9-7-6-8-10-15)21(5)17(22)11-16-12-20(4)19-14(16)3/h6-10,12-13,18H,11H2,1-5H3. The van der Waals surface area contributed by atoms with Gasteiger partial charge in [-0.05, 0) is 18.4 Å². The summed E-state index contributed by atoms with van der Waals surface area (Å²) in [5, 5.41) is 4.31. The lowest BCUT2D eigenvalue weighted by molar-refractivity contribution is -0.132. The number of benzene rings is 1. The zero-order valence-electron chi connectivity index (χ0n) is 14.1. The highest BCUT2D eigenvalue weighted by atomic mass is 16.2. The van der Waals surface area contributed by atoms with Crippen molar-refractivity contribution in [1.29, 1.82) is 0 Å². The number of aromatic nitrogens is 2. The van der Waals surface area contributed by atoms with Crippen LogP contribution in [0.1, 0.15) is 36.7 Å². The third-order valence-electron chi connectivity index (χ3n) is 4.04. The Morgan fingerprint density at radius 1 is 1.27 bits per heavy atom. The molecule has 1 amide bonds. The molecule has 1 unspecified atom stereocenters. The van der Waals surface area contributed by atoms with Gasteiger partial charge in [-0.3, -0.25) is 9.48 Å². The van der Waals surface area contributed by atoms with E-state index in [1.165, 1.54) is 5.56 Å². The fourth-order valence-electron chi connectivity index (χ4n) is 2.97. The smallest absolute Gasteiger partial charge is 0.227 e. The van der Waals surface area contributed by atoms with Crippen LogP contribution in [0.3, 0.4) is 0 Å². The third kappa shape index (κ3) is 3.56. The van der Waals surface area contributed by atoms with Crippen LogP contribution in [-0.4, -0.2) is 27.6 Å². The number of carbonyl (C=O) groups excluding carboxylic acids is 1. The van der Waals surface area contributed by atoms with Gasteiger partial charge in [0.2, 0.25) is 5.91 Å². The Morgan fingerprint density at radius 2 is 1.91 bits per heavy atom. The number of hydrogen-bond acceptors (Lipinski definition) is 2. The Hall–Kier alpha value is -2.10. The number of nitrogens with zero attached hydrogens (tertiary/aromatic N) is 3. The zero-order chi connectivity index (χ0) is 16.3. The van der Waals surface area contributed by atoms with Gasteiger partial charge in [0.25, 0.3) is 0 Å². The first kappa shape index (κ1) is 16.3. The summed E-state index contributed by atoms with van der Waals surface area (Å²) in [6.45, 7) is 6.24. The molecule has 0 aliphatic rings. The summed E-state index contributed by atoms with van der Waals surface area (Å²) in [4.78, 5) is 14.5. The highest BCUT2D eigenvalue weighted by Gasteiger charge is 2.25. The highest BCUT2D eigenvalue weighted by molar-refractivity contribution is 5.79. The topological polar surface area (TPSA) is 38.1 Å². The molecule has 1 aromatic heterocycles. The number of likely N-dealkylation sites (N-methyl/N-ethyl adjacent to an activating group) is 1. The van der Waals surface area contributed by atoms with E-state index in [9.17, 15) is 4.79 Å². The predicted octanol–water partition coefficient (Wildman–Crippen LogP) is 3.13. The second kappa shape index (κ2) is 6.77. The van der Waals surface area contributed by atoms with Gasteiger partial charge in [0, 0.05) is 25.9 Å². The molecule has 2 rings (SSSR count). The number of carbonyl (C=O) groups is 1. The van der Waals surface area contributed by atoms with Gasteiger partial charge in [0.05, 0.1) is 18.2 Å².